The van der Waals surface area contributed by atoms with E-state index in [-0.39, 0.29) is 17.2 Å². The molecule has 1 amide bonds. The van der Waals surface area contributed by atoms with Crippen LogP contribution in [-0.2, 0) is 4.79 Å². The molecule has 1 aliphatic heterocycles. The number of carboxylic acid groups (broad SMARTS) is 1. The number of carbonyl (C=O) groups excluding carboxylic acids is 1. The summed E-state index contributed by atoms with van der Waals surface area (Å²) in [5.74, 6) is -0.723. The Bertz CT molecular complexity index is 551. The molecule has 0 aromatic heterocycles. The summed E-state index contributed by atoms with van der Waals surface area (Å²) in [6.07, 6.45) is 1.46. The summed E-state index contributed by atoms with van der Waals surface area (Å²) in [5.41, 5.74) is -0.147. The van der Waals surface area contributed by atoms with Crippen molar-refractivity contribution < 1.29 is 19.4 Å². The summed E-state index contributed by atoms with van der Waals surface area (Å²) in [6.45, 7) is 3.38. The van der Waals surface area contributed by atoms with Crippen molar-refractivity contribution >= 4 is 17.6 Å². The lowest BCUT2D eigenvalue weighted by Crippen LogP contribution is -2.37. The SMILES string of the molecule is CCC1(C(=O)Nc2cc(OC)ccc2C(=O)O)CCNC1. The average molecular weight is 292 g/mol. The van der Waals surface area contributed by atoms with E-state index in [4.69, 9.17) is 4.74 Å². The molecule has 1 unspecified atom stereocenters. The number of amides is 1. The number of benzene rings is 1. The molecule has 6 heteroatoms. The lowest BCUT2D eigenvalue weighted by atomic mass is 9.83. The highest BCUT2D eigenvalue weighted by Crippen LogP contribution is 2.32. The molecule has 1 heterocycles. The maximum atomic E-state index is 12.6. The molecular formula is C15H20N2O4. The fraction of sp³-hybridized carbons (Fsp3) is 0.467. The van der Waals surface area contributed by atoms with E-state index in [9.17, 15) is 14.7 Å². The van der Waals surface area contributed by atoms with Crippen molar-refractivity contribution in [3.63, 3.8) is 0 Å². The quantitative estimate of drug-likeness (QED) is 0.769. The largest absolute Gasteiger partial charge is 0.497 e. The van der Waals surface area contributed by atoms with E-state index >= 15 is 0 Å². The van der Waals surface area contributed by atoms with Crippen LogP contribution in [0, 0.1) is 5.41 Å². The van der Waals surface area contributed by atoms with Gasteiger partial charge in [-0.25, -0.2) is 4.79 Å². The van der Waals surface area contributed by atoms with Gasteiger partial charge in [0.05, 0.1) is 23.8 Å². The minimum absolute atomic E-state index is 0.0568. The molecule has 0 saturated carbocycles. The number of hydrogen-bond donors (Lipinski definition) is 3. The van der Waals surface area contributed by atoms with E-state index in [1.165, 1.54) is 19.2 Å². The van der Waals surface area contributed by atoms with E-state index in [1.807, 2.05) is 6.92 Å². The van der Waals surface area contributed by atoms with Gasteiger partial charge in [0.1, 0.15) is 5.75 Å². The summed E-state index contributed by atoms with van der Waals surface area (Å²) in [7, 11) is 1.50. The number of hydrogen-bond acceptors (Lipinski definition) is 4. The minimum Gasteiger partial charge on any atom is -0.497 e. The molecule has 1 aromatic rings. The lowest BCUT2D eigenvalue weighted by Gasteiger charge is -2.25. The highest BCUT2D eigenvalue weighted by atomic mass is 16.5. The number of nitrogens with one attached hydrogen (secondary N) is 2. The Morgan fingerprint density at radius 2 is 2.24 bits per heavy atom. The summed E-state index contributed by atoms with van der Waals surface area (Å²) in [6, 6.07) is 4.53. The Morgan fingerprint density at radius 3 is 2.76 bits per heavy atom. The zero-order valence-electron chi connectivity index (χ0n) is 12.2. The third-order valence-electron chi connectivity index (χ3n) is 4.11. The zero-order chi connectivity index (χ0) is 15.5. The summed E-state index contributed by atoms with van der Waals surface area (Å²) in [5, 5.41) is 15.2. The molecule has 3 N–H and O–H groups in total. The molecule has 2 rings (SSSR count). The first-order valence-corrected chi connectivity index (χ1v) is 6.96. The molecular weight excluding hydrogens is 272 g/mol. The molecule has 0 bridgehead atoms. The summed E-state index contributed by atoms with van der Waals surface area (Å²) in [4.78, 5) is 23.8. The van der Waals surface area contributed by atoms with Crippen LogP contribution in [-0.4, -0.2) is 37.2 Å². The number of methoxy groups -OCH3 is 1. The Labute approximate surface area is 123 Å². The molecule has 1 atom stereocenters. The van der Waals surface area contributed by atoms with Gasteiger partial charge >= 0.3 is 5.97 Å². The topological polar surface area (TPSA) is 87.7 Å². The first kappa shape index (κ1) is 15.3. The van der Waals surface area contributed by atoms with Crippen LogP contribution < -0.4 is 15.4 Å². The van der Waals surface area contributed by atoms with Crippen LogP contribution in [0.15, 0.2) is 18.2 Å². The average Bonchev–Trinajstić information content (AvgIpc) is 2.97. The van der Waals surface area contributed by atoms with Crippen molar-refractivity contribution in [2.24, 2.45) is 5.41 Å². The normalized spacial score (nSPS) is 21.0. The highest BCUT2D eigenvalue weighted by molar-refractivity contribution is 6.02. The number of aromatic carboxylic acids is 1. The molecule has 114 valence electrons. The van der Waals surface area contributed by atoms with Gasteiger partial charge in [0, 0.05) is 12.6 Å². The molecule has 1 aliphatic rings. The predicted molar refractivity (Wildman–Crippen MR) is 78.8 cm³/mol. The Hall–Kier alpha value is -2.08. The number of ether oxygens (including phenoxy) is 1. The number of anilines is 1. The van der Waals surface area contributed by atoms with E-state index < -0.39 is 11.4 Å². The van der Waals surface area contributed by atoms with Crippen molar-refractivity contribution in [1.82, 2.24) is 5.32 Å². The van der Waals surface area contributed by atoms with Crippen LogP contribution in [0.25, 0.3) is 0 Å². The minimum atomic E-state index is -1.08. The Kier molecular flexibility index (Phi) is 4.47. The first-order valence-electron chi connectivity index (χ1n) is 6.96. The van der Waals surface area contributed by atoms with Crippen LogP contribution >= 0.6 is 0 Å². The highest BCUT2D eigenvalue weighted by Gasteiger charge is 2.39. The van der Waals surface area contributed by atoms with Gasteiger partial charge in [0.25, 0.3) is 0 Å². The van der Waals surface area contributed by atoms with Crippen molar-refractivity contribution in [1.29, 1.82) is 0 Å². The molecule has 1 fully saturated rings. The van der Waals surface area contributed by atoms with Crippen molar-refractivity contribution in [3.8, 4) is 5.75 Å². The van der Waals surface area contributed by atoms with Crippen molar-refractivity contribution in [3.05, 3.63) is 23.8 Å². The van der Waals surface area contributed by atoms with Crippen molar-refractivity contribution in [2.45, 2.75) is 19.8 Å². The van der Waals surface area contributed by atoms with E-state index in [2.05, 4.69) is 10.6 Å². The zero-order valence-corrected chi connectivity index (χ0v) is 12.2. The Balaban J connectivity index is 2.29. The van der Waals surface area contributed by atoms with Crippen LogP contribution in [0.4, 0.5) is 5.69 Å². The maximum absolute atomic E-state index is 12.6. The van der Waals surface area contributed by atoms with Gasteiger partial charge in [-0.05, 0) is 31.5 Å². The summed E-state index contributed by atoms with van der Waals surface area (Å²) < 4.78 is 5.09. The predicted octanol–water partition coefficient (Wildman–Crippen LogP) is 1.72. The molecule has 1 aromatic carbocycles. The van der Waals surface area contributed by atoms with Crippen LogP contribution in [0.3, 0.4) is 0 Å². The molecule has 0 radical (unpaired) electrons. The van der Waals surface area contributed by atoms with Gasteiger partial charge in [-0.2, -0.15) is 0 Å². The van der Waals surface area contributed by atoms with Crippen LogP contribution in [0.2, 0.25) is 0 Å². The number of carbonyl (C=O) groups is 2. The number of rotatable bonds is 5. The molecule has 6 nitrogen and oxygen atoms in total. The van der Waals surface area contributed by atoms with E-state index in [0.717, 1.165) is 13.0 Å². The fourth-order valence-corrected chi connectivity index (χ4v) is 2.60. The second-order valence-electron chi connectivity index (χ2n) is 5.23. The molecule has 0 spiro atoms. The number of carboxylic acids is 1. The first-order chi connectivity index (χ1) is 10.0. The van der Waals surface area contributed by atoms with Crippen LogP contribution in [0.5, 0.6) is 5.75 Å². The van der Waals surface area contributed by atoms with Gasteiger partial charge in [-0.3, -0.25) is 4.79 Å². The van der Waals surface area contributed by atoms with Gasteiger partial charge < -0.3 is 20.5 Å². The van der Waals surface area contributed by atoms with E-state index in [0.29, 0.717) is 18.7 Å². The third-order valence-corrected chi connectivity index (χ3v) is 4.11. The van der Waals surface area contributed by atoms with Crippen LogP contribution in [0.1, 0.15) is 30.1 Å². The molecule has 1 saturated heterocycles. The monoisotopic (exact) mass is 292 g/mol. The van der Waals surface area contributed by atoms with Gasteiger partial charge in [0.15, 0.2) is 0 Å². The smallest absolute Gasteiger partial charge is 0.337 e. The Morgan fingerprint density at radius 1 is 1.48 bits per heavy atom. The molecule has 21 heavy (non-hydrogen) atoms. The van der Waals surface area contributed by atoms with Gasteiger partial charge in [-0.1, -0.05) is 6.92 Å². The second kappa shape index (κ2) is 6.13. The van der Waals surface area contributed by atoms with Crippen molar-refractivity contribution in [2.75, 3.05) is 25.5 Å². The lowest BCUT2D eigenvalue weighted by molar-refractivity contribution is -0.124. The standard InChI is InChI=1S/C15H20N2O4/c1-3-15(6-7-16-9-15)14(20)17-12-8-10(21-2)4-5-11(12)13(18)19/h4-5,8,16H,3,6-7,9H2,1-2H3,(H,17,20)(H,18,19). The fourth-order valence-electron chi connectivity index (χ4n) is 2.60. The van der Waals surface area contributed by atoms with Gasteiger partial charge in [0.2, 0.25) is 5.91 Å². The van der Waals surface area contributed by atoms with E-state index in [1.54, 1.807) is 6.07 Å². The maximum Gasteiger partial charge on any atom is 0.337 e. The third kappa shape index (κ3) is 3.00. The van der Waals surface area contributed by atoms with Gasteiger partial charge in [-0.15, -0.1) is 0 Å². The summed E-state index contributed by atoms with van der Waals surface area (Å²) >= 11 is 0. The second-order valence-corrected chi connectivity index (χ2v) is 5.23. The molecule has 0 aliphatic carbocycles.